The Morgan fingerprint density at radius 1 is 1.06 bits per heavy atom. The van der Waals surface area contributed by atoms with Gasteiger partial charge in [0.05, 0.1) is 12.2 Å². The second-order valence-electron chi connectivity index (χ2n) is 9.94. The third kappa shape index (κ3) is 5.78. The Morgan fingerprint density at radius 3 is 2.76 bits per heavy atom. The van der Waals surface area contributed by atoms with E-state index in [4.69, 9.17) is 14.5 Å². The highest BCUT2D eigenvalue weighted by Crippen LogP contribution is 2.36. The predicted octanol–water partition coefficient (Wildman–Crippen LogP) is 4.74. The summed E-state index contributed by atoms with van der Waals surface area (Å²) in [7, 11) is 0. The second-order valence-corrected chi connectivity index (χ2v) is 9.94. The monoisotopic (exact) mass is 464 g/mol. The van der Waals surface area contributed by atoms with Crippen LogP contribution in [-0.4, -0.2) is 52.9 Å². The normalized spacial score (nSPS) is 21.2. The summed E-state index contributed by atoms with van der Waals surface area (Å²) in [6.45, 7) is 2.07. The molecule has 5 rings (SSSR count). The summed E-state index contributed by atoms with van der Waals surface area (Å²) in [6, 6.07) is 11.4. The van der Waals surface area contributed by atoms with Gasteiger partial charge in [0.2, 0.25) is 0 Å². The van der Waals surface area contributed by atoms with Gasteiger partial charge < -0.3 is 14.6 Å². The lowest BCUT2D eigenvalue weighted by atomic mass is 9.95. The molecule has 1 unspecified atom stereocenters. The number of pyridine rings is 1. The number of fused-ring (bicyclic) bond motifs is 1. The van der Waals surface area contributed by atoms with Crippen molar-refractivity contribution in [3.8, 4) is 5.75 Å². The molecule has 0 amide bonds. The number of ether oxygens (including phenoxy) is 2. The minimum Gasteiger partial charge on any atom is -0.490 e. The van der Waals surface area contributed by atoms with E-state index in [0.29, 0.717) is 18.9 Å². The van der Waals surface area contributed by atoms with E-state index in [1.54, 1.807) is 0 Å². The van der Waals surface area contributed by atoms with Crippen LogP contribution in [-0.2, 0) is 28.8 Å². The maximum atomic E-state index is 12.2. The van der Waals surface area contributed by atoms with E-state index >= 15 is 0 Å². The predicted molar refractivity (Wildman–Crippen MR) is 130 cm³/mol. The first kappa shape index (κ1) is 23.3. The minimum absolute atomic E-state index is 0.0835. The molecule has 0 radical (unpaired) electrons. The SMILES string of the molecule is O=C(O)C(c1ccccc1OC1CC1)N1CC[C@@H](OCCCCc2ccc3c(n2)CCCC3)C1. The van der Waals surface area contributed by atoms with Crippen LogP contribution < -0.4 is 4.74 Å². The van der Waals surface area contributed by atoms with E-state index in [1.807, 2.05) is 29.2 Å². The van der Waals surface area contributed by atoms with Gasteiger partial charge in [-0.1, -0.05) is 24.3 Å². The zero-order valence-corrected chi connectivity index (χ0v) is 20.0. The van der Waals surface area contributed by atoms with Gasteiger partial charge in [0.15, 0.2) is 0 Å². The molecule has 6 nitrogen and oxygen atoms in total. The Morgan fingerprint density at radius 2 is 1.91 bits per heavy atom. The highest BCUT2D eigenvalue weighted by Gasteiger charge is 2.36. The van der Waals surface area contributed by atoms with Crippen LogP contribution in [0.2, 0.25) is 0 Å². The Balaban J connectivity index is 1.08. The fraction of sp³-hybridized carbons (Fsp3) is 0.571. The average Bonchev–Trinajstić information content (AvgIpc) is 3.55. The highest BCUT2D eigenvalue weighted by atomic mass is 16.5. The number of nitrogens with zero attached hydrogens (tertiary/aromatic N) is 2. The molecule has 1 aromatic carbocycles. The lowest BCUT2D eigenvalue weighted by Gasteiger charge is -2.26. The van der Waals surface area contributed by atoms with Crippen molar-refractivity contribution in [3.63, 3.8) is 0 Å². The van der Waals surface area contributed by atoms with Crippen molar-refractivity contribution >= 4 is 5.97 Å². The van der Waals surface area contributed by atoms with Gasteiger partial charge in [0, 0.05) is 36.6 Å². The van der Waals surface area contributed by atoms with Crippen molar-refractivity contribution in [2.45, 2.75) is 82.5 Å². The number of aryl methyl sites for hydroxylation is 3. The maximum absolute atomic E-state index is 12.2. The summed E-state index contributed by atoms with van der Waals surface area (Å²) >= 11 is 0. The molecular formula is C28H36N2O4. The molecule has 0 bridgehead atoms. The third-order valence-electron chi connectivity index (χ3n) is 7.22. The van der Waals surface area contributed by atoms with Crippen LogP contribution in [0.3, 0.4) is 0 Å². The summed E-state index contributed by atoms with van der Waals surface area (Å²) in [5, 5.41) is 10.0. The summed E-state index contributed by atoms with van der Waals surface area (Å²) in [4.78, 5) is 19.1. The highest BCUT2D eigenvalue weighted by molar-refractivity contribution is 5.76. The van der Waals surface area contributed by atoms with Gasteiger partial charge in [0.25, 0.3) is 0 Å². The van der Waals surface area contributed by atoms with Crippen molar-refractivity contribution in [3.05, 3.63) is 58.9 Å². The van der Waals surface area contributed by atoms with E-state index in [1.165, 1.54) is 36.2 Å². The molecule has 2 fully saturated rings. The van der Waals surface area contributed by atoms with Crippen molar-refractivity contribution < 1.29 is 19.4 Å². The number of para-hydroxylation sites is 1. The first-order chi connectivity index (χ1) is 16.7. The number of benzene rings is 1. The first-order valence-corrected chi connectivity index (χ1v) is 13.0. The molecule has 2 aliphatic carbocycles. The Bertz CT molecular complexity index is 990. The lowest BCUT2D eigenvalue weighted by Crippen LogP contribution is -2.33. The fourth-order valence-electron chi connectivity index (χ4n) is 5.21. The largest absolute Gasteiger partial charge is 0.490 e. The van der Waals surface area contributed by atoms with Crippen molar-refractivity contribution in [1.29, 1.82) is 0 Å². The second kappa shape index (κ2) is 10.9. The molecule has 1 saturated heterocycles. The number of hydrogen-bond donors (Lipinski definition) is 1. The van der Waals surface area contributed by atoms with Gasteiger partial charge in [-0.3, -0.25) is 14.7 Å². The molecule has 34 heavy (non-hydrogen) atoms. The molecule has 1 aliphatic heterocycles. The first-order valence-electron chi connectivity index (χ1n) is 13.0. The number of hydrogen-bond acceptors (Lipinski definition) is 5. The molecule has 1 N–H and O–H groups in total. The zero-order valence-electron chi connectivity index (χ0n) is 20.0. The lowest BCUT2D eigenvalue weighted by molar-refractivity contribution is -0.143. The van der Waals surface area contributed by atoms with E-state index in [2.05, 4.69) is 12.1 Å². The van der Waals surface area contributed by atoms with Crippen LogP contribution in [0.25, 0.3) is 0 Å². The van der Waals surface area contributed by atoms with Crippen molar-refractivity contribution in [1.82, 2.24) is 9.88 Å². The Hall–Kier alpha value is -2.44. The number of aliphatic carboxylic acids is 1. The third-order valence-corrected chi connectivity index (χ3v) is 7.22. The van der Waals surface area contributed by atoms with Crippen LogP contribution in [0.4, 0.5) is 0 Å². The number of unbranched alkanes of at least 4 members (excludes halogenated alkanes) is 1. The summed E-state index contributed by atoms with van der Waals surface area (Å²) in [6.07, 6.45) is 11.2. The number of carboxylic acid groups (broad SMARTS) is 1. The molecule has 2 atom stereocenters. The van der Waals surface area contributed by atoms with Crippen LogP contribution in [0.1, 0.15) is 73.5 Å². The smallest absolute Gasteiger partial charge is 0.325 e. The van der Waals surface area contributed by atoms with Gasteiger partial charge >= 0.3 is 5.97 Å². The van der Waals surface area contributed by atoms with Crippen LogP contribution in [0.15, 0.2) is 36.4 Å². The number of aromatic nitrogens is 1. The molecular weight excluding hydrogens is 428 g/mol. The number of carboxylic acids is 1. The van der Waals surface area contributed by atoms with Crippen LogP contribution in [0.5, 0.6) is 5.75 Å². The van der Waals surface area contributed by atoms with E-state index in [9.17, 15) is 9.90 Å². The Kier molecular flexibility index (Phi) is 7.45. The molecule has 182 valence electrons. The standard InChI is InChI=1S/C28H36N2O4/c31-28(32)27(24-9-2-4-11-26(24)34-22-14-15-22)30-17-16-23(19-30)33-18-6-5-8-21-13-12-20-7-1-3-10-25(20)29-21/h2,4,9,11-13,22-23,27H,1,3,5-8,10,14-19H2,(H,31,32)/t23-,27?/m1/s1. The summed E-state index contributed by atoms with van der Waals surface area (Å²) in [5.41, 5.74) is 4.69. The maximum Gasteiger partial charge on any atom is 0.325 e. The van der Waals surface area contributed by atoms with Gasteiger partial charge in [-0.15, -0.1) is 0 Å². The van der Waals surface area contributed by atoms with Crippen molar-refractivity contribution in [2.24, 2.45) is 0 Å². The fourth-order valence-corrected chi connectivity index (χ4v) is 5.21. The number of likely N-dealkylation sites (tertiary alicyclic amines) is 1. The van der Waals surface area contributed by atoms with Crippen LogP contribution >= 0.6 is 0 Å². The molecule has 1 saturated carbocycles. The molecule has 6 heteroatoms. The van der Waals surface area contributed by atoms with Gasteiger partial charge in [0.1, 0.15) is 11.8 Å². The van der Waals surface area contributed by atoms with E-state index in [0.717, 1.165) is 57.1 Å². The summed E-state index contributed by atoms with van der Waals surface area (Å²) in [5.74, 6) is -0.123. The average molecular weight is 465 g/mol. The molecule has 2 aromatic rings. The summed E-state index contributed by atoms with van der Waals surface area (Å²) < 4.78 is 12.2. The Labute approximate surface area is 202 Å². The molecule has 0 spiro atoms. The van der Waals surface area contributed by atoms with Gasteiger partial charge in [-0.25, -0.2) is 0 Å². The van der Waals surface area contributed by atoms with E-state index < -0.39 is 12.0 Å². The topological polar surface area (TPSA) is 71.9 Å². The minimum atomic E-state index is -0.829. The molecule has 3 aliphatic rings. The van der Waals surface area contributed by atoms with Crippen molar-refractivity contribution in [2.75, 3.05) is 19.7 Å². The number of rotatable bonds is 11. The van der Waals surface area contributed by atoms with E-state index in [-0.39, 0.29) is 12.2 Å². The zero-order chi connectivity index (χ0) is 23.3. The van der Waals surface area contributed by atoms with Gasteiger partial charge in [-0.2, -0.15) is 0 Å². The number of carbonyl (C=O) groups is 1. The molecule has 2 heterocycles. The van der Waals surface area contributed by atoms with Crippen LogP contribution in [0, 0.1) is 0 Å². The quantitative estimate of drug-likeness (QED) is 0.484. The van der Waals surface area contributed by atoms with Gasteiger partial charge in [-0.05, 0) is 81.9 Å². The molecule has 1 aromatic heterocycles.